The van der Waals surface area contributed by atoms with Gasteiger partial charge in [0, 0.05) is 5.70 Å². The van der Waals surface area contributed by atoms with Crippen LogP contribution >= 0.6 is 0 Å². The Hall–Kier alpha value is -0.920. The SMILES string of the molecule is COC1=CC=C(C)NC1. The summed E-state index contributed by atoms with van der Waals surface area (Å²) in [5.41, 5.74) is 1.19. The van der Waals surface area contributed by atoms with Crippen LogP contribution in [0, 0.1) is 0 Å². The first kappa shape index (κ1) is 6.20. The summed E-state index contributed by atoms with van der Waals surface area (Å²) in [6, 6.07) is 0. The highest BCUT2D eigenvalue weighted by molar-refractivity contribution is 5.18. The minimum absolute atomic E-state index is 0.818. The van der Waals surface area contributed by atoms with Crippen LogP contribution in [0.3, 0.4) is 0 Å². The summed E-state index contributed by atoms with van der Waals surface area (Å²) >= 11 is 0. The molecule has 0 aliphatic carbocycles. The molecular weight excluding hydrogens is 114 g/mol. The van der Waals surface area contributed by atoms with Crippen LogP contribution < -0.4 is 5.32 Å². The summed E-state index contributed by atoms with van der Waals surface area (Å²) in [4.78, 5) is 0. The minimum Gasteiger partial charge on any atom is -0.499 e. The van der Waals surface area contributed by atoms with Gasteiger partial charge in [0.25, 0.3) is 0 Å². The maximum Gasteiger partial charge on any atom is 0.115 e. The molecule has 1 aliphatic rings. The van der Waals surface area contributed by atoms with Crippen LogP contribution in [0.1, 0.15) is 6.92 Å². The van der Waals surface area contributed by atoms with Crippen LogP contribution in [-0.4, -0.2) is 13.7 Å². The lowest BCUT2D eigenvalue weighted by atomic mass is 10.3. The molecule has 0 saturated heterocycles. The van der Waals surface area contributed by atoms with Crippen molar-refractivity contribution in [2.75, 3.05) is 13.7 Å². The molecule has 0 spiro atoms. The Bertz CT molecular complexity index is 158. The fourth-order valence-electron chi connectivity index (χ4n) is 0.703. The van der Waals surface area contributed by atoms with Crippen LogP contribution in [0.15, 0.2) is 23.6 Å². The van der Waals surface area contributed by atoms with Crippen molar-refractivity contribution in [1.29, 1.82) is 0 Å². The van der Waals surface area contributed by atoms with Gasteiger partial charge in [0.1, 0.15) is 5.76 Å². The molecular formula is C7H11NO. The molecule has 2 nitrogen and oxygen atoms in total. The molecule has 9 heavy (non-hydrogen) atoms. The molecule has 0 bridgehead atoms. The van der Waals surface area contributed by atoms with Gasteiger partial charge in [-0.15, -0.1) is 0 Å². The lowest BCUT2D eigenvalue weighted by Gasteiger charge is -2.12. The van der Waals surface area contributed by atoms with Crippen molar-refractivity contribution in [2.24, 2.45) is 0 Å². The number of ether oxygens (including phenoxy) is 1. The molecule has 1 rings (SSSR count). The highest BCUT2D eigenvalue weighted by atomic mass is 16.5. The summed E-state index contributed by atoms with van der Waals surface area (Å²) in [6.07, 6.45) is 3.98. The van der Waals surface area contributed by atoms with E-state index in [4.69, 9.17) is 4.74 Å². The van der Waals surface area contributed by atoms with Gasteiger partial charge in [-0.1, -0.05) is 0 Å². The van der Waals surface area contributed by atoms with Gasteiger partial charge < -0.3 is 10.1 Å². The lowest BCUT2D eigenvalue weighted by Crippen LogP contribution is -2.18. The zero-order valence-electron chi connectivity index (χ0n) is 5.77. The first-order chi connectivity index (χ1) is 4.33. The van der Waals surface area contributed by atoms with Crippen molar-refractivity contribution in [3.63, 3.8) is 0 Å². The van der Waals surface area contributed by atoms with Crippen LogP contribution in [0.2, 0.25) is 0 Å². The van der Waals surface area contributed by atoms with Crippen molar-refractivity contribution < 1.29 is 4.74 Å². The van der Waals surface area contributed by atoms with E-state index in [-0.39, 0.29) is 0 Å². The lowest BCUT2D eigenvalue weighted by molar-refractivity contribution is 0.280. The molecule has 0 aromatic carbocycles. The largest absolute Gasteiger partial charge is 0.499 e. The summed E-state index contributed by atoms with van der Waals surface area (Å²) in [7, 11) is 1.68. The van der Waals surface area contributed by atoms with E-state index in [9.17, 15) is 0 Å². The Balaban J connectivity index is 2.59. The molecule has 1 aliphatic heterocycles. The average molecular weight is 125 g/mol. The van der Waals surface area contributed by atoms with Gasteiger partial charge in [0.15, 0.2) is 0 Å². The molecule has 1 heterocycles. The van der Waals surface area contributed by atoms with Crippen LogP contribution in [-0.2, 0) is 4.74 Å². The van der Waals surface area contributed by atoms with Crippen molar-refractivity contribution in [3.05, 3.63) is 23.6 Å². The summed E-state index contributed by atoms with van der Waals surface area (Å²) < 4.78 is 4.99. The number of dihydropyridines is 1. The van der Waals surface area contributed by atoms with E-state index in [0.29, 0.717) is 0 Å². The Morgan fingerprint density at radius 2 is 2.33 bits per heavy atom. The fraction of sp³-hybridized carbons (Fsp3) is 0.429. The standard InChI is InChI=1S/C7H11NO/c1-6-3-4-7(9-2)5-8-6/h3-4,8H,5H2,1-2H3. The van der Waals surface area contributed by atoms with Gasteiger partial charge in [-0.05, 0) is 19.1 Å². The van der Waals surface area contributed by atoms with Crippen LogP contribution in [0.25, 0.3) is 0 Å². The van der Waals surface area contributed by atoms with E-state index in [0.717, 1.165) is 12.3 Å². The molecule has 1 N–H and O–H groups in total. The zero-order chi connectivity index (χ0) is 6.69. The van der Waals surface area contributed by atoms with E-state index >= 15 is 0 Å². The molecule has 0 atom stereocenters. The first-order valence-corrected chi connectivity index (χ1v) is 2.98. The van der Waals surface area contributed by atoms with Crippen molar-refractivity contribution >= 4 is 0 Å². The minimum atomic E-state index is 0.818. The van der Waals surface area contributed by atoms with E-state index in [1.807, 2.05) is 19.1 Å². The molecule has 0 fully saturated rings. The zero-order valence-corrected chi connectivity index (χ0v) is 5.77. The Morgan fingerprint density at radius 3 is 2.78 bits per heavy atom. The van der Waals surface area contributed by atoms with Gasteiger partial charge in [-0.3, -0.25) is 0 Å². The summed E-state index contributed by atoms with van der Waals surface area (Å²) in [6.45, 7) is 2.85. The van der Waals surface area contributed by atoms with E-state index < -0.39 is 0 Å². The maximum absolute atomic E-state index is 4.99. The smallest absolute Gasteiger partial charge is 0.115 e. The second-order valence-electron chi connectivity index (χ2n) is 2.04. The third-order valence-corrected chi connectivity index (χ3v) is 1.32. The number of hydrogen-bond donors (Lipinski definition) is 1. The molecule has 0 aromatic heterocycles. The maximum atomic E-state index is 4.99. The van der Waals surface area contributed by atoms with E-state index in [2.05, 4.69) is 5.32 Å². The van der Waals surface area contributed by atoms with Crippen LogP contribution in [0.4, 0.5) is 0 Å². The third kappa shape index (κ3) is 1.49. The predicted octanol–water partition coefficient (Wildman–Crippen LogP) is 1.02. The predicted molar refractivity (Wildman–Crippen MR) is 36.9 cm³/mol. The van der Waals surface area contributed by atoms with Gasteiger partial charge >= 0.3 is 0 Å². The topological polar surface area (TPSA) is 21.3 Å². The van der Waals surface area contributed by atoms with Crippen LogP contribution in [0.5, 0.6) is 0 Å². The van der Waals surface area contributed by atoms with Crippen molar-refractivity contribution in [1.82, 2.24) is 5.32 Å². The van der Waals surface area contributed by atoms with E-state index in [1.165, 1.54) is 5.70 Å². The quantitative estimate of drug-likeness (QED) is 0.565. The number of nitrogens with one attached hydrogen (secondary N) is 1. The molecule has 2 heteroatoms. The highest BCUT2D eigenvalue weighted by Gasteiger charge is 1.98. The number of hydrogen-bond acceptors (Lipinski definition) is 2. The van der Waals surface area contributed by atoms with E-state index in [1.54, 1.807) is 7.11 Å². The Kier molecular flexibility index (Phi) is 1.78. The fourth-order valence-corrected chi connectivity index (χ4v) is 0.703. The summed E-state index contributed by atoms with van der Waals surface area (Å²) in [5, 5.41) is 3.15. The molecule has 0 saturated carbocycles. The Labute approximate surface area is 55.2 Å². The van der Waals surface area contributed by atoms with Gasteiger partial charge in [-0.25, -0.2) is 0 Å². The van der Waals surface area contributed by atoms with Crippen molar-refractivity contribution in [2.45, 2.75) is 6.92 Å². The third-order valence-electron chi connectivity index (χ3n) is 1.32. The average Bonchev–Trinajstić information content (AvgIpc) is 1.90. The molecule has 0 radical (unpaired) electrons. The molecule has 50 valence electrons. The normalized spacial score (nSPS) is 17.6. The van der Waals surface area contributed by atoms with Crippen molar-refractivity contribution in [3.8, 4) is 0 Å². The van der Waals surface area contributed by atoms with Gasteiger partial charge in [-0.2, -0.15) is 0 Å². The molecule has 0 unspecified atom stereocenters. The molecule has 0 aromatic rings. The number of methoxy groups -OCH3 is 1. The van der Waals surface area contributed by atoms with Gasteiger partial charge in [0.05, 0.1) is 13.7 Å². The first-order valence-electron chi connectivity index (χ1n) is 2.98. The highest BCUT2D eigenvalue weighted by Crippen LogP contribution is 2.02. The monoisotopic (exact) mass is 125 g/mol. The Morgan fingerprint density at radius 1 is 1.56 bits per heavy atom. The summed E-state index contributed by atoms with van der Waals surface area (Å²) in [5.74, 6) is 0.987. The number of rotatable bonds is 1. The van der Waals surface area contributed by atoms with Gasteiger partial charge in [0.2, 0.25) is 0 Å². The second kappa shape index (κ2) is 2.58. The second-order valence-corrected chi connectivity index (χ2v) is 2.04. The molecule has 0 amide bonds. The number of allylic oxidation sites excluding steroid dienone is 3.